The molecule has 6 rings (SSSR count). The van der Waals surface area contributed by atoms with Crippen LogP contribution < -0.4 is 14.2 Å². The fourth-order valence-electron chi connectivity index (χ4n) is 4.01. The Morgan fingerprint density at radius 1 is 1.17 bits per heavy atom. The number of methoxy groups -OCH3 is 2. The maximum absolute atomic E-state index is 15.2. The number of ether oxygens (including phenoxy) is 4. The highest BCUT2D eigenvalue weighted by atomic mass is 32.1. The van der Waals surface area contributed by atoms with Crippen molar-refractivity contribution in [2.75, 3.05) is 27.4 Å². The van der Waals surface area contributed by atoms with Crippen LogP contribution in [-0.4, -0.2) is 47.0 Å². The summed E-state index contributed by atoms with van der Waals surface area (Å²) in [5, 5.41) is 7.99. The minimum absolute atomic E-state index is 0.187. The van der Waals surface area contributed by atoms with Gasteiger partial charge in [0.25, 0.3) is 5.19 Å². The third-order valence-corrected chi connectivity index (χ3v) is 7.85. The average Bonchev–Trinajstić information content (AvgIpc) is 3.65. The summed E-state index contributed by atoms with van der Waals surface area (Å²) in [5.74, 6) is 1.74. The fraction of sp³-hybridized carbons (Fsp3) is 0.348. The molecule has 0 amide bonds. The second-order valence-electron chi connectivity index (χ2n) is 8.07. The molecule has 0 unspecified atom stereocenters. The monoisotopic (exact) mass is 516 g/mol. The summed E-state index contributed by atoms with van der Waals surface area (Å²) in [5.41, 5.74) is 0.517. The summed E-state index contributed by atoms with van der Waals surface area (Å²) in [4.78, 5) is 9.60. The van der Waals surface area contributed by atoms with E-state index in [1.165, 1.54) is 22.7 Å². The molecule has 0 N–H and O–H groups in total. The Hall–Kier alpha value is -3.22. The molecule has 12 heteroatoms. The van der Waals surface area contributed by atoms with Gasteiger partial charge in [-0.15, -0.1) is 16.4 Å². The molecule has 1 fully saturated rings. The largest absolute Gasteiger partial charge is 0.496 e. The lowest BCUT2D eigenvalue weighted by molar-refractivity contribution is -0.0117. The van der Waals surface area contributed by atoms with Gasteiger partial charge < -0.3 is 23.4 Å². The molecular formula is C23H21FN4O5S2. The number of aromatic nitrogens is 4. The molecule has 1 saturated heterocycles. The minimum atomic E-state index is -1.43. The van der Waals surface area contributed by atoms with E-state index < -0.39 is 5.67 Å². The Morgan fingerprint density at radius 3 is 2.83 bits per heavy atom. The van der Waals surface area contributed by atoms with Gasteiger partial charge >= 0.3 is 0 Å². The fourth-order valence-corrected chi connectivity index (χ4v) is 5.66. The molecule has 0 atom stereocenters. The van der Waals surface area contributed by atoms with Crippen LogP contribution in [0.1, 0.15) is 23.5 Å². The maximum Gasteiger partial charge on any atom is 0.294 e. The first-order valence-corrected chi connectivity index (χ1v) is 12.6. The lowest BCUT2D eigenvalue weighted by Gasteiger charge is -2.27. The average molecular weight is 517 g/mol. The Labute approximate surface area is 207 Å². The Balaban J connectivity index is 1.30. The highest BCUT2D eigenvalue weighted by Gasteiger charge is 2.37. The molecule has 1 aromatic carbocycles. The minimum Gasteiger partial charge on any atom is -0.496 e. The van der Waals surface area contributed by atoms with Gasteiger partial charge in [-0.05, 0) is 17.4 Å². The quantitative estimate of drug-likeness (QED) is 0.290. The first-order valence-electron chi connectivity index (χ1n) is 10.9. The van der Waals surface area contributed by atoms with E-state index in [0.717, 1.165) is 5.39 Å². The van der Waals surface area contributed by atoms with E-state index in [-0.39, 0.29) is 6.61 Å². The van der Waals surface area contributed by atoms with Gasteiger partial charge in [-0.2, -0.15) is 4.52 Å². The maximum atomic E-state index is 15.2. The second kappa shape index (κ2) is 8.77. The summed E-state index contributed by atoms with van der Waals surface area (Å²) in [6, 6.07) is 5.47. The van der Waals surface area contributed by atoms with Crippen molar-refractivity contribution in [3.63, 3.8) is 0 Å². The number of alkyl halides is 1. The van der Waals surface area contributed by atoms with E-state index in [1.807, 2.05) is 11.4 Å². The molecule has 1 aliphatic heterocycles. The third-order valence-electron chi connectivity index (χ3n) is 5.90. The van der Waals surface area contributed by atoms with Gasteiger partial charge in [0.2, 0.25) is 4.96 Å². The molecule has 4 aromatic heterocycles. The van der Waals surface area contributed by atoms with E-state index in [4.69, 9.17) is 23.4 Å². The normalized spacial score (nSPS) is 15.6. The SMILES string of the molecule is COc1cc(OCc2csc(C3(F)CCOCC3)n2)c2cc(-c3cnc4sc(OC)nn34)oc2c1. The molecule has 35 heavy (non-hydrogen) atoms. The predicted octanol–water partition coefficient (Wildman–Crippen LogP) is 5.23. The van der Waals surface area contributed by atoms with E-state index in [0.29, 0.717) is 75.4 Å². The van der Waals surface area contributed by atoms with Crippen LogP contribution in [0, 0.1) is 0 Å². The van der Waals surface area contributed by atoms with Crippen LogP contribution in [0.3, 0.4) is 0 Å². The Morgan fingerprint density at radius 2 is 2.03 bits per heavy atom. The number of hydrogen-bond donors (Lipinski definition) is 0. The number of fused-ring (bicyclic) bond motifs is 2. The van der Waals surface area contributed by atoms with Gasteiger partial charge in [0.05, 0.1) is 44.7 Å². The van der Waals surface area contributed by atoms with Gasteiger partial charge in [0, 0.05) is 30.4 Å². The Kier molecular flexibility index (Phi) is 5.58. The van der Waals surface area contributed by atoms with E-state index in [1.54, 1.807) is 37.1 Å². The summed E-state index contributed by atoms with van der Waals surface area (Å²) in [6.07, 6.45) is 2.34. The van der Waals surface area contributed by atoms with E-state index >= 15 is 4.39 Å². The van der Waals surface area contributed by atoms with Crippen molar-refractivity contribution in [1.82, 2.24) is 19.6 Å². The van der Waals surface area contributed by atoms with Gasteiger partial charge in [0.1, 0.15) is 34.4 Å². The Bertz CT molecular complexity index is 1500. The lowest BCUT2D eigenvalue weighted by atomic mass is 9.97. The van der Waals surface area contributed by atoms with Crippen LogP contribution in [0.5, 0.6) is 16.7 Å². The zero-order chi connectivity index (χ0) is 24.0. The number of furan rings is 1. The molecule has 5 heterocycles. The van der Waals surface area contributed by atoms with Crippen LogP contribution >= 0.6 is 22.7 Å². The van der Waals surface area contributed by atoms with Crippen molar-refractivity contribution in [2.24, 2.45) is 0 Å². The molecule has 9 nitrogen and oxygen atoms in total. The molecule has 0 spiro atoms. The van der Waals surface area contributed by atoms with Crippen molar-refractivity contribution in [2.45, 2.75) is 25.1 Å². The number of rotatable bonds is 7. The van der Waals surface area contributed by atoms with Gasteiger partial charge in [-0.3, -0.25) is 0 Å². The van der Waals surface area contributed by atoms with Crippen LogP contribution in [0.25, 0.3) is 27.4 Å². The van der Waals surface area contributed by atoms with Crippen molar-refractivity contribution < 1.29 is 27.8 Å². The molecule has 0 radical (unpaired) electrons. The van der Waals surface area contributed by atoms with E-state index in [9.17, 15) is 0 Å². The molecule has 1 aliphatic rings. The lowest BCUT2D eigenvalue weighted by Crippen LogP contribution is -2.29. The summed E-state index contributed by atoms with van der Waals surface area (Å²) in [7, 11) is 3.15. The first kappa shape index (κ1) is 22.3. The summed E-state index contributed by atoms with van der Waals surface area (Å²) >= 11 is 2.66. The zero-order valence-electron chi connectivity index (χ0n) is 18.9. The predicted molar refractivity (Wildman–Crippen MR) is 128 cm³/mol. The number of nitrogens with zero attached hydrogens (tertiary/aromatic N) is 4. The topological polar surface area (TPSA) is 93.1 Å². The zero-order valence-corrected chi connectivity index (χ0v) is 20.6. The number of thiazole rings is 1. The van der Waals surface area contributed by atoms with Gasteiger partial charge in [-0.1, -0.05) is 0 Å². The van der Waals surface area contributed by atoms with E-state index in [2.05, 4.69) is 15.1 Å². The first-order chi connectivity index (χ1) is 17.1. The van der Waals surface area contributed by atoms with Crippen LogP contribution in [0.15, 0.2) is 34.2 Å². The number of halogens is 1. The summed E-state index contributed by atoms with van der Waals surface area (Å²) < 4.78 is 45.1. The molecule has 0 saturated carbocycles. The van der Waals surface area contributed by atoms with Gasteiger partial charge in [-0.25, -0.2) is 14.4 Å². The van der Waals surface area contributed by atoms with Crippen molar-refractivity contribution in [3.05, 3.63) is 40.5 Å². The number of imidazole rings is 1. The van der Waals surface area contributed by atoms with Crippen molar-refractivity contribution >= 4 is 38.6 Å². The standard InChI is InChI=1S/C23H21FN4O5S2/c1-29-14-7-17(32-11-13-12-34-20(26-13)23(24)3-5-31-6-4-23)15-9-19(33-18(15)8-14)16-10-25-21-28(16)27-22(30-2)35-21/h7-10,12H,3-6,11H2,1-2H3. The van der Waals surface area contributed by atoms with Crippen LogP contribution in [0.2, 0.25) is 0 Å². The highest BCUT2D eigenvalue weighted by molar-refractivity contribution is 7.18. The summed E-state index contributed by atoms with van der Waals surface area (Å²) in [6.45, 7) is 0.999. The van der Waals surface area contributed by atoms with Crippen molar-refractivity contribution in [3.8, 4) is 28.1 Å². The van der Waals surface area contributed by atoms with Gasteiger partial charge in [0.15, 0.2) is 11.4 Å². The molecule has 5 aromatic rings. The van der Waals surface area contributed by atoms with Crippen LogP contribution in [0.4, 0.5) is 4.39 Å². The molecular weight excluding hydrogens is 495 g/mol. The van der Waals surface area contributed by atoms with Crippen LogP contribution in [-0.2, 0) is 17.0 Å². The molecule has 0 aliphatic carbocycles. The second-order valence-corrected chi connectivity index (χ2v) is 9.84. The number of benzene rings is 1. The smallest absolute Gasteiger partial charge is 0.294 e. The molecule has 182 valence electrons. The third kappa shape index (κ3) is 4.01. The molecule has 0 bridgehead atoms. The van der Waals surface area contributed by atoms with Crippen molar-refractivity contribution in [1.29, 1.82) is 0 Å². The number of hydrogen-bond acceptors (Lipinski definition) is 10. The highest BCUT2D eigenvalue weighted by Crippen LogP contribution is 2.40.